The molecule has 1 amide bonds. The van der Waals surface area contributed by atoms with Crippen molar-refractivity contribution in [2.24, 2.45) is 0 Å². The van der Waals surface area contributed by atoms with Gasteiger partial charge in [-0.25, -0.2) is 4.39 Å². The summed E-state index contributed by atoms with van der Waals surface area (Å²) in [7, 11) is 0. The number of benzene rings is 2. The van der Waals surface area contributed by atoms with Gasteiger partial charge in [-0.2, -0.15) is 0 Å². The summed E-state index contributed by atoms with van der Waals surface area (Å²) in [5.74, 6) is 0.0596. The summed E-state index contributed by atoms with van der Waals surface area (Å²) in [6, 6.07) is 16.9. The fourth-order valence-corrected chi connectivity index (χ4v) is 3.74. The molecule has 1 saturated heterocycles. The number of halogens is 1. The third-order valence-corrected chi connectivity index (χ3v) is 5.42. The number of hydrogen-bond donors (Lipinski definition) is 0. The van der Waals surface area contributed by atoms with Crippen LogP contribution in [0.15, 0.2) is 54.6 Å². The molecule has 1 aliphatic carbocycles. The highest BCUT2D eigenvalue weighted by Crippen LogP contribution is 2.28. The van der Waals surface area contributed by atoms with E-state index in [-0.39, 0.29) is 5.91 Å². The summed E-state index contributed by atoms with van der Waals surface area (Å²) in [6.45, 7) is 3.65. The van der Waals surface area contributed by atoms with Gasteiger partial charge in [0.15, 0.2) is 6.17 Å². The molecule has 0 spiro atoms. The normalized spacial score (nSPS) is 19.8. The Balaban J connectivity index is 1.42. The molecule has 2 aliphatic rings. The first-order valence-electron chi connectivity index (χ1n) is 9.54. The molecular weight excluding hydrogens is 327 g/mol. The zero-order valence-electron chi connectivity index (χ0n) is 15.0. The van der Waals surface area contributed by atoms with Gasteiger partial charge in [0.05, 0.1) is 0 Å². The van der Waals surface area contributed by atoms with Gasteiger partial charge in [0.2, 0.25) is 0 Å². The van der Waals surface area contributed by atoms with E-state index in [0.717, 1.165) is 38.6 Å². The van der Waals surface area contributed by atoms with Crippen molar-refractivity contribution >= 4 is 5.91 Å². The van der Waals surface area contributed by atoms with E-state index in [4.69, 9.17) is 0 Å². The van der Waals surface area contributed by atoms with E-state index in [9.17, 15) is 9.18 Å². The Morgan fingerprint density at radius 1 is 0.885 bits per heavy atom. The average Bonchev–Trinajstić information content (AvgIpc) is 3.54. The highest BCUT2D eigenvalue weighted by molar-refractivity contribution is 5.94. The van der Waals surface area contributed by atoms with E-state index < -0.39 is 6.17 Å². The zero-order valence-corrected chi connectivity index (χ0v) is 15.0. The van der Waals surface area contributed by atoms with E-state index in [1.807, 2.05) is 23.1 Å². The molecule has 0 radical (unpaired) electrons. The molecule has 1 atom stereocenters. The average molecular weight is 352 g/mol. The predicted octanol–water partition coefficient (Wildman–Crippen LogP) is 4.06. The molecule has 0 aromatic heterocycles. The van der Waals surface area contributed by atoms with Crippen molar-refractivity contribution < 1.29 is 9.18 Å². The highest BCUT2D eigenvalue weighted by Gasteiger charge is 2.31. The molecule has 1 heterocycles. The largest absolute Gasteiger partial charge is 0.337 e. The first-order chi connectivity index (χ1) is 12.7. The minimum atomic E-state index is -1.16. The number of carbonyl (C=O) groups excluding carboxylic acids is 1. The van der Waals surface area contributed by atoms with Crippen molar-refractivity contribution in [2.45, 2.75) is 31.5 Å². The third kappa shape index (κ3) is 3.80. The summed E-state index contributed by atoms with van der Waals surface area (Å²) >= 11 is 0. The topological polar surface area (TPSA) is 23.6 Å². The molecule has 26 heavy (non-hydrogen) atoms. The number of alkyl halides is 1. The molecule has 0 bridgehead atoms. The molecule has 2 aromatic carbocycles. The Morgan fingerprint density at radius 3 is 2.27 bits per heavy atom. The van der Waals surface area contributed by atoms with Crippen molar-refractivity contribution in [3.8, 4) is 0 Å². The van der Waals surface area contributed by atoms with Gasteiger partial charge in [0, 0.05) is 37.8 Å². The summed E-state index contributed by atoms with van der Waals surface area (Å²) in [5, 5.41) is 0. The van der Waals surface area contributed by atoms with Crippen LogP contribution in [0.25, 0.3) is 0 Å². The molecule has 1 aliphatic heterocycles. The summed E-state index contributed by atoms with van der Waals surface area (Å²) in [5.41, 5.74) is 1.87. The number of hydrogen-bond acceptors (Lipinski definition) is 2. The van der Waals surface area contributed by atoms with Crippen molar-refractivity contribution in [3.05, 3.63) is 71.3 Å². The van der Waals surface area contributed by atoms with Gasteiger partial charge in [0.1, 0.15) is 0 Å². The molecule has 3 nitrogen and oxygen atoms in total. The first-order valence-corrected chi connectivity index (χ1v) is 9.54. The molecule has 4 heteroatoms. The molecule has 2 fully saturated rings. The Bertz CT molecular complexity index is 742. The van der Waals surface area contributed by atoms with Crippen LogP contribution < -0.4 is 0 Å². The SMILES string of the molecule is O=C(c1ccc([C@@H](F)c2ccccc2)cc1)N1CCCN(C2CC2)CC1. The Hall–Kier alpha value is -2.20. The van der Waals surface area contributed by atoms with E-state index >= 15 is 0 Å². The van der Waals surface area contributed by atoms with Gasteiger partial charge in [0.25, 0.3) is 5.91 Å². The molecule has 1 saturated carbocycles. The fourth-order valence-electron chi connectivity index (χ4n) is 3.74. The van der Waals surface area contributed by atoms with Crippen LogP contribution in [-0.2, 0) is 0 Å². The second-order valence-electron chi connectivity index (χ2n) is 7.31. The number of rotatable bonds is 4. The van der Waals surface area contributed by atoms with Gasteiger partial charge in [-0.1, -0.05) is 42.5 Å². The quantitative estimate of drug-likeness (QED) is 0.829. The minimum absolute atomic E-state index is 0.0596. The molecule has 136 valence electrons. The molecule has 0 N–H and O–H groups in total. The van der Waals surface area contributed by atoms with Gasteiger partial charge < -0.3 is 4.90 Å². The van der Waals surface area contributed by atoms with E-state index in [1.165, 1.54) is 12.8 Å². The van der Waals surface area contributed by atoms with E-state index in [2.05, 4.69) is 4.90 Å². The number of nitrogens with zero attached hydrogens (tertiary/aromatic N) is 2. The maximum atomic E-state index is 14.6. The summed E-state index contributed by atoms with van der Waals surface area (Å²) < 4.78 is 14.6. The monoisotopic (exact) mass is 352 g/mol. The van der Waals surface area contributed by atoms with E-state index in [1.54, 1.807) is 36.4 Å². The fraction of sp³-hybridized carbons (Fsp3) is 0.409. The lowest BCUT2D eigenvalue weighted by Crippen LogP contribution is -2.35. The van der Waals surface area contributed by atoms with Crippen molar-refractivity contribution in [1.82, 2.24) is 9.80 Å². The van der Waals surface area contributed by atoms with Crippen LogP contribution in [0.2, 0.25) is 0 Å². The molecule has 2 aromatic rings. The lowest BCUT2D eigenvalue weighted by Gasteiger charge is -2.22. The minimum Gasteiger partial charge on any atom is -0.337 e. The van der Waals surface area contributed by atoms with Crippen molar-refractivity contribution in [1.29, 1.82) is 0 Å². The zero-order chi connectivity index (χ0) is 17.9. The standard InChI is InChI=1S/C22H25FN2O/c23-21(17-5-2-1-3-6-17)18-7-9-19(10-8-18)22(26)25-14-4-13-24(15-16-25)20-11-12-20/h1-3,5-10,20-21H,4,11-16H2/t21-/m0/s1. The number of amides is 1. The van der Waals surface area contributed by atoms with Crippen LogP contribution in [0, 0.1) is 0 Å². The van der Waals surface area contributed by atoms with Crippen molar-refractivity contribution in [2.75, 3.05) is 26.2 Å². The van der Waals surface area contributed by atoms with Crippen LogP contribution in [0.3, 0.4) is 0 Å². The van der Waals surface area contributed by atoms with Crippen LogP contribution in [0.4, 0.5) is 4.39 Å². The lowest BCUT2D eigenvalue weighted by atomic mass is 10.0. The van der Waals surface area contributed by atoms with E-state index in [0.29, 0.717) is 16.7 Å². The Kier molecular flexibility index (Phi) is 5.02. The van der Waals surface area contributed by atoms with Gasteiger partial charge >= 0.3 is 0 Å². The molecule has 4 rings (SSSR count). The van der Waals surface area contributed by atoms with Crippen LogP contribution >= 0.6 is 0 Å². The maximum Gasteiger partial charge on any atom is 0.253 e. The first kappa shape index (κ1) is 17.2. The van der Waals surface area contributed by atoms with Gasteiger partial charge in [-0.3, -0.25) is 9.69 Å². The van der Waals surface area contributed by atoms with Crippen LogP contribution in [0.5, 0.6) is 0 Å². The van der Waals surface area contributed by atoms with Gasteiger partial charge in [-0.15, -0.1) is 0 Å². The highest BCUT2D eigenvalue weighted by atomic mass is 19.1. The lowest BCUT2D eigenvalue weighted by molar-refractivity contribution is 0.0761. The molecular formula is C22H25FN2O. The third-order valence-electron chi connectivity index (χ3n) is 5.42. The smallest absolute Gasteiger partial charge is 0.253 e. The second-order valence-corrected chi connectivity index (χ2v) is 7.31. The molecule has 0 unspecified atom stereocenters. The second kappa shape index (κ2) is 7.58. The summed E-state index contributed by atoms with van der Waals surface area (Å²) in [4.78, 5) is 17.3. The summed E-state index contributed by atoms with van der Waals surface area (Å²) in [6.07, 6.45) is 2.48. The maximum absolute atomic E-state index is 14.6. The van der Waals surface area contributed by atoms with Crippen molar-refractivity contribution in [3.63, 3.8) is 0 Å². The van der Waals surface area contributed by atoms with Crippen LogP contribution in [0.1, 0.15) is 46.9 Å². The predicted molar refractivity (Wildman–Crippen MR) is 101 cm³/mol. The van der Waals surface area contributed by atoms with Gasteiger partial charge in [-0.05, 0) is 42.5 Å². The Labute approximate surface area is 154 Å². The number of carbonyl (C=O) groups is 1. The Morgan fingerprint density at radius 2 is 1.58 bits per heavy atom. The van der Waals surface area contributed by atoms with Crippen LogP contribution in [-0.4, -0.2) is 47.9 Å².